The number of nitrogens with zero attached hydrogens (tertiary/aromatic N) is 3. The van der Waals surface area contributed by atoms with E-state index in [9.17, 15) is 32.3 Å². The molecule has 1 aromatic carbocycles. The molecular weight excluding hydrogens is 522 g/mol. The summed E-state index contributed by atoms with van der Waals surface area (Å²) in [4.78, 5) is 29.1. The smallest absolute Gasteiger partial charge is 0.424 e. The van der Waals surface area contributed by atoms with Gasteiger partial charge in [-0.2, -0.15) is 18.3 Å². The van der Waals surface area contributed by atoms with E-state index >= 15 is 0 Å². The maximum absolute atomic E-state index is 14.5. The highest BCUT2D eigenvalue weighted by Crippen LogP contribution is 2.47. The van der Waals surface area contributed by atoms with Crippen LogP contribution in [0, 0.1) is 5.82 Å². The summed E-state index contributed by atoms with van der Waals surface area (Å²) in [5.74, 6) is -2.47. The van der Waals surface area contributed by atoms with Gasteiger partial charge in [0.1, 0.15) is 29.3 Å². The van der Waals surface area contributed by atoms with Crippen LogP contribution >= 0.6 is 0 Å². The van der Waals surface area contributed by atoms with E-state index in [-0.39, 0.29) is 34.9 Å². The topological polar surface area (TPSA) is 132 Å². The monoisotopic (exact) mass is 543 g/mol. The minimum atomic E-state index is -5.33. The minimum Gasteiger partial charge on any atom is -0.489 e. The molecule has 4 aromatic rings. The fraction of sp³-hybridized carbons (Fsp3) is 0.231. The Morgan fingerprint density at radius 1 is 1.18 bits per heavy atom. The van der Waals surface area contributed by atoms with Gasteiger partial charge in [0, 0.05) is 17.3 Å². The lowest BCUT2D eigenvalue weighted by Crippen LogP contribution is -2.52. The van der Waals surface area contributed by atoms with Gasteiger partial charge in [0.05, 0.1) is 17.8 Å². The van der Waals surface area contributed by atoms with Crippen molar-refractivity contribution in [3.63, 3.8) is 0 Å². The van der Waals surface area contributed by atoms with Gasteiger partial charge in [0.2, 0.25) is 11.5 Å². The molecule has 0 radical (unpaired) electrons. The quantitative estimate of drug-likeness (QED) is 0.321. The van der Waals surface area contributed by atoms with Crippen LogP contribution in [-0.2, 0) is 15.8 Å². The van der Waals surface area contributed by atoms with Crippen LogP contribution in [-0.4, -0.2) is 50.8 Å². The van der Waals surface area contributed by atoms with Crippen LogP contribution in [0.2, 0.25) is 0 Å². The van der Waals surface area contributed by atoms with E-state index in [2.05, 4.69) is 15.4 Å². The lowest BCUT2D eigenvalue weighted by atomic mass is 9.81. The first-order valence-corrected chi connectivity index (χ1v) is 11.6. The molecule has 4 heterocycles. The molecule has 0 fully saturated rings. The Morgan fingerprint density at radius 2 is 1.90 bits per heavy atom. The molecule has 0 saturated carbocycles. The number of benzene rings is 1. The molecule has 202 valence electrons. The zero-order valence-electron chi connectivity index (χ0n) is 20.3. The number of nitrogens with one attached hydrogen (secondary N) is 1. The Bertz CT molecular complexity index is 1570. The summed E-state index contributed by atoms with van der Waals surface area (Å²) >= 11 is 0. The molecule has 1 aliphatic rings. The highest BCUT2D eigenvalue weighted by atomic mass is 19.4. The molecule has 39 heavy (non-hydrogen) atoms. The number of aliphatic hydroxyl groups is 1. The molecule has 9 nitrogen and oxygen atoms in total. The number of primary amides is 1. The summed E-state index contributed by atoms with van der Waals surface area (Å²) in [6, 6.07) is 12.0. The number of carbonyl (C=O) groups excluding carboxylic acids is 2. The molecular formula is C26H21F4N5O4. The second-order valence-electron chi connectivity index (χ2n) is 9.37. The molecule has 0 saturated heterocycles. The number of amides is 2. The number of nitrogens with two attached hydrogens (primary N) is 1. The van der Waals surface area contributed by atoms with Gasteiger partial charge in [-0.1, -0.05) is 6.07 Å². The molecule has 13 heteroatoms. The molecule has 4 N–H and O–H groups in total. The number of rotatable bonds is 6. The number of hydrogen-bond donors (Lipinski definition) is 3. The second kappa shape index (κ2) is 9.05. The standard InChI is InChI=1S/C26H21F4N5O4/c1-24(23(31)37)13-39-21-17(24)11-19(33-20(21)14-5-7-15(27)8-6-14)25(38,26(28,29)30)12-32-22(36)18-10-16-4-2-3-9-35(16)34-18/h2-11,38H,12-13H2,1H3,(H2,31,37)(H,32,36)/t24-,25?/m0/s1. The number of carbonyl (C=O) groups is 2. The van der Waals surface area contributed by atoms with Gasteiger partial charge in [-0.05, 0) is 55.5 Å². The number of halogens is 4. The van der Waals surface area contributed by atoms with Crippen molar-refractivity contribution >= 4 is 17.3 Å². The van der Waals surface area contributed by atoms with Crippen molar-refractivity contribution in [3.05, 3.63) is 83.6 Å². The van der Waals surface area contributed by atoms with Crippen LogP contribution < -0.4 is 15.8 Å². The molecule has 0 aliphatic carbocycles. The van der Waals surface area contributed by atoms with Crippen LogP contribution in [0.25, 0.3) is 16.8 Å². The number of aromatic nitrogens is 3. The van der Waals surface area contributed by atoms with Gasteiger partial charge in [0.15, 0.2) is 5.69 Å². The number of pyridine rings is 2. The second-order valence-corrected chi connectivity index (χ2v) is 9.37. The summed E-state index contributed by atoms with van der Waals surface area (Å²) in [5.41, 5.74) is -0.280. The predicted molar refractivity (Wildman–Crippen MR) is 129 cm³/mol. The molecule has 1 unspecified atom stereocenters. The van der Waals surface area contributed by atoms with Crippen molar-refractivity contribution in [2.75, 3.05) is 13.2 Å². The molecule has 2 atom stereocenters. The summed E-state index contributed by atoms with van der Waals surface area (Å²) in [6.45, 7) is -0.227. The van der Waals surface area contributed by atoms with E-state index in [4.69, 9.17) is 10.5 Å². The van der Waals surface area contributed by atoms with Gasteiger partial charge in [-0.3, -0.25) is 9.59 Å². The van der Waals surface area contributed by atoms with Gasteiger partial charge < -0.3 is 20.9 Å². The zero-order valence-corrected chi connectivity index (χ0v) is 20.3. The van der Waals surface area contributed by atoms with Crippen molar-refractivity contribution in [3.8, 4) is 17.0 Å². The summed E-state index contributed by atoms with van der Waals surface area (Å²) in [6.07, 6.45) is -3.77. The number of hydrogen-bond acceptors (Lipinski definition) is 6. The Balaban J connectivity index is 1.59. The van der Waals surface area contributed by atoms with E-state index in [1.807, 2.05) is 0 Å². The average Bonchev–Trinajstić information content (AvgIpc) is 3.49. The summed E-state index contributed by atoms with van der Waals surface area (Å²) < 4.78 is 64.0. The van der Waals surface area contributed by atoms with E-state index in [0.29, 0.717) is 5.52 Å². The molecule has 0 spiro atoms. The Kier molecular flexibility index (Phi) is 6.06. The van der Waals surface area contributed by atoms with Gasteiger partial charge >= 0.3 is 6.18 Å². The predicted octanol–water partition coefficient (Wildman–Crippen LogP) is 2.85. The van der Waals surface area contributed by atoms with Crippen LogP contribution in [0.5, 0.6) is 5.75 Å². The Hall–Kier alpha value is -4.52. The third-order valence-electron chi connectivity index (χ3n) is 6.73. The first-order chi connectivity index (χ1) is 18.3. The molecule has 5 rings (SSSR count). The fourth-order valence-corrected chi connectivity index (χ4v) is 4.29. The normalized spacial score (nSPS) is 18.3. The SMILES string of the molecule is C[C@]1(C(N)=O)COc2c1cc(C(O)(CNC(=O)c1cc3ccccn3n1)C(F)(F)F)nc2-c1ccc(F)cc1. The van der Waals surface area contributed by atoms with Crippen LogP contribution in [0.4, 0.5) is 17.6 Å². The van der Waals surface area contributed by atoms with E-state index in [1.54, 1.807) is 24.4 Å². The Morgan fingerprint density at radius 3 is 2.54 bits per heavy atom. The van der Waals surface area contributed by atoms with Crippen molar-refractivity contribution in [2.24, 2.45) is 5.73 Å². The van der Waals surface area contributed by atoms with Crippen LogP contribution in [0.1, 0.15) is 28.7 Å². The van der Waals surface area contributed by atoms with E-state index in [1.165, 1.54) is 29.6 Å². The van der Waals surface area contributed by atoms with Gasteiger partial charge in [-0.25, -0.2) is 13.9 Å². The lowest BCUT2D eigenvalue weighted by molar-refractivity contribution is -0.265. The molecule has 3 aromatic heterocycles. The zero-order chi connectivity index (χ0) is 28.2. The van der Waals surface area contributed by atoms with E-state index < -0.39 is 47.1 Å². The highest BCUT2D eigenvalue weighted by molar-refractivity contribution is 5.93. The van der Waals surface area contributed by atoms with Crippen molar-refractivity contribution < 1.29 is 37.0 Å². The number of alkyl halides is 3. The maximum Gasteiger partial charge on any atom is 0.424 e. The average molecular weight is 543 g/mol. The van der Waals surface area contributed by atoms with E-state index in [0.717, 1.165) is 18.2 Å². The fourth-order valence-electron chi connectivity index (χ4n) is 4.29. The van der Waals surface area contributed by atoms with Crippen molar-refractivity contribution in [1.82, 2.24) is 19.9 Å². The van der Waals surface area contributed by atoms with Gasteiger partial charge in [-0.15, -0.1) is 0 Å². The third kappa shape index (κ3) is 4.34. The number of ether oxygens (including phenoxy) is 1. The van der Waals surface area contributed by atoms with Crippen LogP contribution in [0.3, 0.4) is 0 Å². The largest absolute Gasteiger partial charge is 0.489 e. The van der Waals surface area contributed by atoms with Crippen molar-refractivity contribution in [2.45, 2.75) is 24.1 Å². The third-order valence-corrected chi connectivity index (χ3v) is 6.73. The first-order valence-electron chi connectivity index (χ1n) is 11.6. The summed E-state index contributed by atoms with van der Waals surface area (Å²) in [5, 5.41) is 17.2. The maximum atomic E-state index is 14.5. The summed E-state index contributed by atoms with van der Waals surface area (Å²) in [7, 11) is 0. The minimum absolute atomic E-state index is 0.0232. The molecule has 1 aliphatic heterocycles. The molecule has 2 amide bonds. The highest BCUT2D eigenvalue weighted by Gasteiger charge is 2.57. The Labute approximate surface area is 218 Å². The lowest BCUT2D eigenvalue weighted by Gasteiger charge is -2.31. The van der Waals surface area contributed by atoms with Crippen molar-refractivity contribution in [1.29, 1.82) is 0 Å². The van der Waals surface area contributed by atoms with Gasteiger partial charge in [0.25, 0.3) is 5.91 Å². The first kappa shape index (κ1) is 26.1. The number of fused-ring (bicyclic) bond motifs is 2. The van der Waals surface area contributed by atoms with Crippen LogP contribution in [0.15, 0.2) is 60.8 Å². The molecule has 0 bridgehead atoms.